The fourth-order valence-corrected chi connectivity index (χ4v) is 3.88. The zero-order valence-corrected chi connectivity index (χ0v) is 12.1. The summed E-state index contributed by atoms with van der Waals surface area (Å²) in [7, 11) is 0. The fraction of sp³-hybridized carbons (Fsp3) is 1.00. The first-order valence-electron chi connectivity index (χ1n) is 7.42. The lowest BCUT2D eigenvalue weighted by atomic mass is 9.72. The van der Waals surface area contributed by atoms with Crippen LogP contribution < -0.4 is 5.73 Å². The van der Waals surface area contributed by atoms with E-state index in [-0.39, 0.29) is 0 Å². The standard InChI is InChI=1S/C15H30N2/c1-11(2)13-6-5-9-17(13)14-10-15(3,4)8-7-12(14)16/h11-14H,5-10,16H2,1-4H3. The van der Waals surface area contributed by atoms with Crippen molar-refractivity contribution >= 4 is 0 Å². The molecule has 3 unspecified atom stereocenters. The molecule has 2 fully saturated rings. The molecular formula is C15H30N2. The number of hydrogen-bond donors (Lipinski definition) is 1. The van der Waals surface area contributed by atoms with Crippen molar-refractivity contribution in [3.8, 4) is 0 Å². The average molecular weight is 238 g/mol. The minimum atomic E-state index is 0.405. The summed E-state index contributed by atoms with van der Waals surface area (Å²) < 4.78 is 0. The van der Waals surface area contributed by atoms with E-state index >= 15 is 0 Å². The van der Waals surface area contributed by atoms with E-state index in [2.05, 4.69) is 32.6 Å². The Labute approximate surface area is 107 Å². The average Bonchev–Trinajstić information content (AvgIpc) is 2.70. The Balaban J connectivity index is 2.09. The number of nitrogens with two attached hydrogens (primary N) is 1. The van der Waals surface area contributed by atoms with Crippen LogP contribution in [0.1, 0.15) is 59.8 Å². The molecule has 1 heterocycles. The molecule has 3 atom stereocenters. The molecule has 0 aromatic rings. The molecule has 0 radical (unpaired) electrons. The second-order valence-corrected chi connectivity index (χ2v) is 7.33. The molecule has 0 aromatic heterocycles. The van der Waals surface area contributed by atoms with Crippen molar-refractivity contribution in [1.82, 2.24) is 4.90 Å². The highest BCUT2D eigenvalue weighted by atomic mass is 15.2. The van der Waals surface area contributed by atoms with E-state index in [1.165, 1.54) is 38.6 Å². The maximum atomic E-state index is 6.40. The van der Waals surface area contributed by atoms with Gasteiger partial charge in [0.1, 0.15) is 0 Å². The van der Waals surface area contributed by atoms with Crippen molar-refractivity contribution in [2.45, 2.75) is 77.9 Å². The summed E-state index contributed by atoms with van der Waals surface area (Å²) in [4.78, 5) is 2.75. The van der Waals surface area contributed by atoms with Gasteiger partial charge in [-0.2, -0.15) is 0 Å². The first-order valence-corrected chi connectivity index (χ1v) is 7.42. The molecule has 2 nitrogen and oxygen atoms in total. The van der Waals surface area contributed by atoms with Gasteiger partial charge in [0.25, 0.3) is 0 Å². The molecule has 0 spiro atoms. The van der Waals surface area contributed by atoms with Crippen LogP contribution in [0.2, 0.25) is 0 Å². The summed E-state index contributed by atoms with van der Waals surface area (Å²) in [6.07, 6.45) is 6.54. The lowest BCUT2D eigenvalue weighted by Crippen LogP contribution is -2.55. The Morgan fingerprint density at radius 1 is 1.24 bits per heavy atom. The lowest BCUT2D eigenvalue weighted by molar-refractivity contribution is 0.0554. The van der Waals surface area contributed by atoms with Crippen LogP contribution in [0.5, 0.6) is 0 Å². The molecule has 1 aliphatic carbocycles. The molecular weight excluding hydrogens is 208 g/mol. The van der Waals surface area contributed by atoms with E-state index in [1.807, 2.05) is 0 Å². The number of rotatable bonds is 2. The van der Waals surface area contributed by atoms with Gasteiger partial charge in [-0.3, -0.25) is 4.90 Å². The molecule has 1 saturated heterocycles. The maximum Gasteiger partial charge on any atom is 0.0255 e. The monoisotopic (exact) mass is 238 g/mol. The van der Waals surface area contributed by atoms with Crippen LogP contribution in [0, 0.1) is 11.3 Å². The van der Waals surface area contributed by atoms with E-state index in [9.17, 15) is 0 Å². The normalized spacial score (nSPS) is 38.8. The Hall–Kier alpha value is -0.0800. The summed E-state index contributed by atoms with van der Waals surface area (Å²) in [5, 5.41) is 0. The minimum Gasteiger partial charge on any atom is -0.326 e. The molecule has 2 heteroatoms. The quantitative estimate of drug-likeness (QED) is 0.801. The van der Waals surface area contributed by atoms with Gasteiger partial charge >= 0.3 is 0 Å². The summed E-state index contributed by atoms with van der Waals surface area (Å²) in [5.41, 5.74) is 6.89. The van der Waals surface area contributed by atoms with Crippen LogP contribution in [-0.4, -0.2) is 29.6 Å². The van der Waals surface area contributed by atoms with Crippen molar-refractivity contribution in [3.05, 3.63) is 0 Å². The van der Waals surface area contributed by atoms with Crippen molar-refractivity contribution in [2.24, 2.45) is 17.1 Å². The first kappa shape index (κ1) is 13.4. The van der Waals surface area contributed by atoms with Crippen LogP contribution in [-0.2, 0) is 0 Å². The second kappa shape index (κ2) is 4.89. The smallest absolute Gasteiger partial charge is 0.0255 e. The van der Waals surface area contributed by atoms with Crippen molar-refractivity contribution in [1.29, 1.82) is 0 Å². The maximum absolute atomic E-state index is 6.40. The van der Waals surface area contributed by atoms with E-state index < -0.39 is 0 Å². The van der Waals surface area contributed by atoms with Gasteiger partial charge in [0, 0.05) is 18.1 Å². The van der Waals surface area contributed by atoms with E-state index in [1.54, 1.807) is 0 Å². The summed E-state index contributed by atoms with van der Waals surface area (Å²) in [6.45, 7) is 10.8. The molecule has 100 valence electrons. The Morgan fingerprint density at radius 2 is 1.94 bits per heavy atom. The fourth-order valence-electron chi connectivity index (χ4n) is 3.88. The molecule has 0 aromatic carbocycles. The Bertz CT molecular complexity index is 260. The van der Waals surface area contributed by atoms with Gasteiger partial charge in [0.15, 0.2) is 0 Å². The minimum absolute atomic E-state index is 0.405. The Morgan fingerprint density at radius 3 is 2.59 bits per heavy atom. The summed E-state index contributed by atoms with van der Waals surface area (Å²) in [6, 6.07) is 1.82. The zero-order valence-electron chi connectivity index (χ0n) is 12.1. The Kier molecular flexibility index (Phi) is 3.84. The van der Waals surface area contributed by atoms with Gasteiger partial charge in [0.05, 0.1) is 0 Å². The molecule has 1 aliphatic heterocycles. The third kappa shape index (κ3) is 2.85. The van der Waals surface area contributed by atoms with Gasteiger partial charge in [-0.05, 0) is 50.0 Å². The molecule has 17 heavy (non-hydrogen) atoms. The highest BCUT2D eigenvalue weighted by molar-refractivity contribution is 4.97. The summed E-state index contributed by atoms with van der Waals surface area (Å²) >= 11 is 0. The molecule has 0 amide bonds. The van der Waals surface area contributed by atoms with Crippen molar-refractivity contribution in [3.63, 3.8) is 0 Å². The topological polar surface area (TPSA) is 29.3 Å². The number of likely N-dealkylation sites (tertiary alicyclic amines) is 1. The predicted molar refractivity (Wildman–Crippen MR) is 74.0 cm³/mol. The van der Waals surface area contributed by atoms with Crippen molar-refractivity contribution in [2.75, 3.05) is 6.54 Å². The molecule has 0 bridgehead atoms. The second-order valence-electron chi connectivity index (χ2n) is 7.33. The molecule has 2 N–H and O–H groups in total. The van der Waals surface area contributed by atoms with Gasteiger partial charge in [-0.15, -0.1) is 0 Å². The number of nitrogens with zero attached hydrogens (tertiary/aromatic N) is 1. The summed E-state index contributed by atoms with van der Waals surface area (Å²) in [5.74, 6) is 0.773. The third-order valence-electron chi connectivity index (χ3n) is 4.95. The largest absolute Gasteiger partial charge is 0.326 e. The van der Waals surface area contributed by atoms with E-state index in [0.29, 0.717) is 17.5 Å². The predicted octanol–water partition coefficient (Wildman–Crippen LogP) is 3.01. The van der Waals surface area contributed by atoms with Gasteiger partial charge in [-0.1, -0.05) is 27.7 Å². The van der Waals surface area contributed by atoms with Crippen LogP contribution in [0.3, 0.4) is 0 Å². The van der Waals surface area contributed by atoms with E-state index in [0.717, 1.165) is 12.0 Å². The zero-order chi connectivity index (χ0) is 12.6. The highest BCUT2D eigenvalue weighted by Crippen LogP contribution is 2.39. The molecule has 2 rings (SSSR count). The van der Waals surface area contributed by atoms with Gasteiger partial charge < -0.3 is 5.73 Å². The third-order valence-corrected chi connectivity index (χ3v) is 4.95. The van der Waals surface area contributed by atoms with E-state index in [4.69, 9.17) is 5.73 Å². The van der Waals surface area contributed by atoms with Crippen LogP contribution in [0.25, 0.3) is 0 Å². The first-order chi connectivity index (χ1) is 7.91. The molecule has 2 aliphatic rings. The lowest BCUT2D eigenvalue weighted by Gasteiger charge is -2.46. The SMILES string of the molecule is CC(C)C1CCCN1C1CC(C)(C)CCC1N. The molecule has 1 saturated carbocycles. The highest BCUT2D eigenvalue weighted by Gasteiger charge is 2.40. The number of hydrogen-bond acceptors (Lipinski definition) is 2. The van der Waals surface area contributed by atoms with Gasteiger partial charge in [0.2, 0.25) is 0 Å². The van der Waals surface area contributed by atoms with Crippen molar-refractivity contribution < 1.29 is 0 Å². The van der Waals surface area contributed by atoms with Gasteiger partial charge in [-0.25, -0.2) is 0 Å². The van der Waals surface area contributed by atoms with Crippen LogP contribution in [0.15, 0.2) is 0 Å². The van der Waals surface area contributed by atoms with Crippen LogP contribution in [0.4, 0.5) is 0 Å². The van der Waals surface area contributed by atoms with Crippen LogP contribution >= 0.6 is 0 Å².